The van der Waals surface area contributed by atoms with Gasteiger partial charge in [-0.3, -0.25) is 0 Å². The van der Waals surface area contributed by atoms with E-state index in [0.717, 1.165) is 22.4 Å². The number of sulfone groups is 2. The average Bonchev–Trinajstić information content (AvgIpc) is 2.83. The minimum atomic E-state index is -3.58. The minimum Gasteiger partial charge on any atom is -0.375 e. The van der Waals surface area contributed by atoms with Crippen LogP contribution in [0.2, 0.25) is 0 Å². The molecular formula is C14H18N2O4S3. The fraction of sp³-hybridized carbons (Fsp3) is 0.357. The third-order valence-electron chi connectivity index (χ3n) is 3.16. The van der Waals surface area contributed by atoms with Crippen LogP contribution in [-0.4, -0.2) is 34.3 Å². The standard InChI is InChI=1S/C14H18N2O4S3/c1-9-8-15-14(21-9)10(2)16-12-6-5-11(22(3,17)18)7-13(12)23(4,19)20/h5-8,10,16H,1-4H3. The van der Waals surface area contributed by atoms with Crippen LogP contribution in [0.15, 0.2) is 34.2 Å². The first-order chi connectivity index (χ1) is 10.5. The number of nitrogens with zero attached hydrogens (tertiary/aromatic N) is 1. The summed E-state index contributed by atoms with van der Waals surface area (Å²) < 4.78 is 47.3. The SMILES string of the molecule is Cc1cnc(C(C)Nc2ccc(S(C)(=O)=O)cc2S(C)(=O)=O)s1. The normalized spacial score (nSPS) is 13.7. The zero-order valence-electron chi connectivity index (χ0n) is 13.2. The summed E-state index contributed by atoms with van der Waals surface area (Å²) in [7, 11) is -7.06. The molecule has 6 nitrogen and oxygen atoms in total. The maximum absolute atomic E-state index is 12.0. The van der Waals surface area contributed by atoms with Gasteiger partial charge in [-0.1, -0.05) is 0 Å². The predicted octanol–water partition coefficient (Wildman–Crippen LogP) is 2.43. The number of rotatable bonds is 5. The lowest BCUT2D eigenvalue weighted by Gasteiger charge is -2.16. The van der Waals surface area contributed by atoms with Crippen LogP contribution >= 0.6 is 11.3 Å². The number of thiazole rings is 1. The van der Waals surface area contributed by atoms with E-state index in [2.05, 4.69) is 10.3 Å². The van der Waals surface area contributed by atoms with Gasteiger partial charge in [0.2, 0.25) is 0 Å². The number of hydrogen-bond acceptors (Lipinski definition) is 7. The summed E-state index contributed by atoms with van der Waals surface area (Å²) in [6.45, 7) is 3.81. The Morgan fingerprint density at radius 3 is 2.26 bits per heavy atom. The third kappa shape index (κ3) is 4.30. The molecule has 0 saturated carbocycles. The molecule has 2 rings (SSSR count). The van der Waals surface area contributed by atoms with Gasteiger partial charge >= 0.3 is 0 Å². The maximum Gasteiger partial charge on any atom is 0.177 e. The first kappa shape index (κ1) is 17.9. The second-order valence-corrected chi connectivity index (χ2v) is 10.6. The van der Waals surface area contributed by atoms with Crippen molar-refractivity contribution in [2.75, 3.05) is 17.8 Å². The van der Waals surface area contributed by atoms with Crippen LogP contribution in [0.1, 0.15) is 22.9 Å². The van der Waals surface area contributed by atoms with Crippen molar-refractivity contribution in [1.82, 2.24) is 4.98 Å². The van der Waals surface area contributed by atoms with Crippen LogP contribution in [0.3, 0.4) is 0 Å². The third-order valence-corrected chi connectivity index (χ3v) is 6.50. The van der Waals surface area contributed by atoms with E-state index in [1.807, 2.05) is 13.8 Å². The zero-order valence-corrected chi connectivity index (χ0v) is 15.6. The van der Waals surface area contributed by atoms with E-state index in [0.29, 0.717) is 5.69 Å². The Balaban J connectivity index is 2.46. The van der Waals surface area contributed by atoms with Crippen LogP contribution in [-0.2, 0) is 19.7 Å². The molecule has 0 aliphatic rings. The highest BCUT2D eigenvalue weighted by Gasteiger charge is 2.20. The van der Waals surface area contributed by atoms with E-state index < -0.39 is 19.7 Å². The first-order valence-electron chi connectivity index (χ1n) is 6.71. The van der Waals surface area contributed by atoms with Gasteiger partial charge in [0.15, 0.2) is 19.7 Å². The van der Waals surface area contributed by atoms with Crippen LogP contribution in [0.5, 0.6) is 0 Å². The molecular weight excluding hydrogens is 356 g/mol. The highest BCUT2D eigenvalue weighted by Crippen LogP contribution is 2.29. The summed E-state index contributed by atoms with van der Waals surface area (Å²) in [5.41, 5.74) is 0.361. The lowest BCUT2D eigenvalue weighted by molar-refractivity contribution is 0.600. The molecule has 0 amide bonds. The van der Waals surface area contributed by atoms with Crippen LogP contribution < -0.4 is 5.32 Å². The smallest absolute Gasteiger partial charge is 0.177 e. The van der Waals surface area contributed by atoms with Crippen molar-refractivity contribution in [3.63, 3.8) is 0 Å². The Labute approximate surface area is 140 Å². The summed E-state index contributed by atoms with van der Waals surface area (Å²) in [6, 6.07) is 3.86. The topological polar surface area (TPSA) is 93.2 Å². The van der Waals surface area contributed by atoms with Gasteiger partial charge in [0.1, 0.15) is 5.01 Å². The van der Waals surface area contributed by atoms with Gasteiger partial charge in [-0.05, 0) is 32.0 Å². The van der Waals surface area contributed by atoms with Crippen molar-refractivity contribution < 1.29 is 16.8 Å². The number of anilines is 1. The van der Waals surface area contributed by atoms with Gasteiger partial charge in [-0.25, -0.2) is 21.8 Å². The molecule has 1 aromatic heterocycles. The Morgan fingerprint density at radius 2 is 1.78 bits per heavy atom. The van der Waals surface area contributed by atoms with E-state index in [4.69, 9.17) is 0 Å². The van der Waals surface area contributed by atoms with Gasteiger partial charge in [0.05, 0.1) is 21.5 Å². The molecule has 1 atom stereocenters. The average molecular weight is 375 g/mol. The van der Waals surface area contributed by atoms with Gasteiger partial charge in [-0.15, -0.1) is 11.3 Å². The lowest BCUT2D eigenvalue weighted by atomic mass is 10.2. The quantitative estimate of drug-likeness (QED) is 0.864. The summed E-state index contributed by atoms with van der Waals surface area (Å²) in [5, 5.41) is 3.93. The molecule has 23 heavy (non-hydrogen) atoms. The molecule has 0 bridgehead atoms. The molecule has 9 heteroatoms. The maximum atomic E-state index is 12.0. The number of aryl methyl sites for hydroxylation is 1. The Kier molecular flexibility index (Phi) is 4.84. The fourth-order valence-electron chi connectivity index (χ4n) is 2.03. The summed E-state index contributed by atoms with van der Waals surface area (Å²) in [6.07, 6.45) is 3.85. The number of nitrogens with one attached hydrogen (secondary N) is 1. The molecule has 0 aliphatic carbocycles. The van der Waals surface area contributed by atoms with E-state index in [1.54, 1.807) is 6.20 Å². The first-order valence-corrected chi connectivity index (χ1v) is 11.3. The molecule has 1 heterocycles. The van der Waals surface area contributed by atoms with E-state index in [9.17, 15) is 16.8 Å². The summed E-state index contributed by atoms with van der Waals surface area (Å²) >= 11 is 1.52. The van der Waals surface area contributed by atoms with E-state index >= 15 is 0 Å². The van der Waals surface area contributed by atoms with Gasteiger partial charge in [0, 0.05) is 23.6 Å². The van der Waals surface area contributed by atoms with Gasteiger partial charge in [-0.2, -0.15) is 0 Å². The van der Waals surface area contributed by atoms with Gasteiger partial charge in [0.25, 0.3) is 0 Å². The van der Waals surface area contributed by atoms with E-state index in [-0.39, 0.29) is 15.8 Å². The highest BCUT2D eigenvalue weighted by molar-refractivity contribution is 7.91. The van der Waals surface area contributed by atoms with Crippen LogP contribution in [0, 0.1) is 6.92 Å². The Morgan fingerprint density at radius 1 is 1.13 bits per heavy atom. The van der Waals surface area contributed by atoms with Crippen molar-refractivity contribution in [3.8, 4) is 0 Å². The molecule has 2 aromatic rings. The summed E-state index contributed by atoms with van der Waals surface area (Å²) in [5.74, 6) is 0. The largest absolute Gasteiger partial charge is 0.375 e. The molecule has 1 aromatic carbocycles. The van der Waals surface area contributed by atoms with Crippen molar-refractivity contribution in [3.05, 3.63) is 34.3 Å². The lowest BCUT2D eigenvalue weighted by Crippen LogP contribution is -2.11. The zero-order chi connectivity index (χ0) is 17.4. The summed E-state index contributed by atoms with van der Waals surface area (Å²) in [4.78, 5) is 5.26. The Hall–Kier alpha value is -1.45. The van der Waals surface area contributed by atoms with Crippen LogP contribution in [0.4, 0.5) is 5.69 Å². The fourth-order valence-corrected chi connectivity index (χ4v) is 4.39. The molecule has 1 unspecified atom stereocenters. The Bertz CT molecular complexity index is 931. The molecule has 0 radical (unpaired) electrons. The molecule has 0 spiro atoms. The predicted molar refractivity (Wildman–Crippen MR) is 91.6 cm³/mol. The van der Waals surface area contributed by atoms with Crippen molar-refractivity contribution in [2.24, 2.45) is 0 Å². The molecule has 0 saturated heterocycles. The van der Waals surface area contributed by atoms with E-state index in [1.165, 1.54) is 29.5 Å². The minimum absolute atomic E-state index is 0.0266. The second kappa shape index (κ2) is 6.21. The number of hydrogen-bond donors (Lipinski definition) is 1. The molecule has 126 valence electrons. The highest BCUT2D eigenvalue weighted by atomic mass is 32.2. The number of benzene rings is 1. The van der Waals surface area contributed by atoms with Crippen molar-refractivity contribution in [1.29, 1.82) is 0 Å². The molecule has 1 N–H and O–H groups in total. The van der Waals surface area contributed by atoms with Crippen molar-refractivity contribution in [2.45, 2.75) is 29.7 Å². The molecule has 0 fully saturated rings. The van der Waals surface area contributed by atoms with Gasteiger partial charge < -0.3 is 5.32 Å². The second-order valence-electron chi connectivity index (χ2n) is 5.38. The monoisotopic (exact) mass is 374 g/mol. The molecule has 0 aliphatic heterocycles. The van der Waals surface area contributed by atoms with Crippen molar-refractivity contribution >= 4 is 36.7 Å². The van der Waals surface area contributed by atoms with Crippen LogP contribution in [0.25, 0.3) is 0 Å². The number of aromatic nitrogens is 1.